The highest BCUT2D eigenvalue weighted by Crippen LogP contribution is 2.76. The summed E-state index contributed by atoms with van der Waals surface area (Å²) in [7, 11) is 0. The van der Waals surface area contributed by atoms with Crippen LogP contribution in [0.4, 0.5) is 0 Å². The van der Waals surface area contributed by atoms with E-state index in [1.807, 2.05) is 6.92 Å². The number of aliphatic hydroxyl groups excluding tert-OH is 15. The maximum absolute atomic E-state index is 12.9. The van der Waals surface area contributed by atoms with Gasteiger partial charge in [-0.3, -0.25) is 5.26 Å². The van der Waals surface area contributed by atoms with Gasteiger partial charge in [-0.1, -0.05) is 41.2 Å². The number of fused-ring (bicyclic) bond motifs is 5. The molecule has 8 rings (SSSR count). The molecular weight excluding hydrogens is 1050 g/mol. The number of hydrogen-bond donors (Lipinski definition) is 16. The van der Waals surface area contributed by atoms with Gasteiger partial charge in [0, 0.05) is 0 Å². The van der Waals surface area contributed by atoms with Crippen LogP contribution in [-0.4, -0.2) is 255 Å². The summed E-state index contributed by atoms with van der Waals surface area (Å²) in [5.41, 5.74) is -2.61. The van der Waals surface area contributed by atoms with Gasteiger partial charge in [-0.25, -0.2) is 4.89 Å². The van der Waals surface area contributed by atoms with Crippen molar-refractivity contribution in [3.8, 4) is 0 Å². The maximum Gasteiger partial charge on any atom is 0.187 e. The van der Waals surface area contributed by atoms with E-state index in [9.17, 15) is 81.9 Å². The Kier molecular flexibility index (Phi) is 19.6. The molecule has 79 heavy (non-hydrogen) atoms. The topological polar surface area (TPSA) is 407 Å². The Labute approximate surface area is 460 Å². The van der Waals surface area contributed by atoms with E-state index in [1.54, 1.807) is 6.92 Å². The summed E-state index contributed by atoms with van der Waals surface area (Å²) in [6, 6.07) is 0. The fourth-order valence-electron chi connectivity index (χ4n) is 16.4. The van der Waals surface area contributed by atoms with Gasteiger partial charge in [0.05, 0.1) is 44.2 Å². The third-order valence-electron chi connectivity index (χ3n) is 21.3. The van der Waals surface area contributed by atoms with Crippen LogP contribution < -0.4 is 0 Å². The van der Waals surface area contributed by atoms with Crippen molar-refractivity contribution >= 4 is 0 Å². The number of ether oxygens (including phenoxy) is 8. The fourth-order valence-corrected chi connectivity index (χ4v) is 16.4. The van der Waals surface area contributed by atoms with E-state index >= 15 is 0 Å². The average Bonchev–Trinajstić information content (AvgIpc) is 2.76. The summed E-state index contributed by atoms with van der Waals surface area (Å²) in [6.45, 7) is 15.8. The van der Waals surface area contributed by atoms with E-state index in [0.717, 1.165) is 12.8 Å². The maximum atomic E-state index is 12.9. The molecule has 0 aromatic rings. The van der Waals surface area contributed by atoms with Crippen LogP contribution in [0.2, 0.25) is 0 Å². The van der Waals surface area contributed by atoms with Crippen LogP contribution in [0.15, 0.2) is 12.2 Å². The zero-order valence-electron chi connectivity index (χ0n) is 46.3. The van der Waals surface area contributed by atoms with Crippen molar-refractivity contribution in [1.82, 2.24) is 0 Å². The van der Waals surface area contributed by atoms with E-state index < -0.39 is 196 Å². The molecule has 0 radical (unpaired) electrons. The number of hydrogen-bond acceptors (Lipinski definition) is 25. The van der Waals surface area contributed by atoms with Crippen molar-refractivity contribution in [2.45, 2.75) is 253 Å². The first-order valence-electron chi connectivity index (χ1n) is 28.2. The van der Waals surface area contributed by atoms with Crippen LogP contribution in [0.5, 0.6) is 0 Å². The molecule has 4 aliphatic carbocycles. The second kappa shape index (κ2) is 24.2. The second-order valence-corrected chi connectivity index (χ2v) is 25.9. The van der Waals surface area contributed by atoms with Crippen molar-refractivity contribution < 1.29 is 125 Å². The van der Waals surface area contributed by atoms with Gasteiger partial charge >= 0.3 is 0 Å². The standard InChI is InChI=1S/C54H92O25/c1-22(2)25(79-70)10-16-54(8,78-48-44(69)40(65)37(62)29(75-48)21-71-46-42(67)38(63)34(59)26(18-55)72-46)23-9-14-53(7)33(23)24(58)17-31-51(5)13-12-32(50(3,4)30(51)11-15-52(31,53)6)76-49-45(41(66)36(61)28(20-57)74-49)77-47-43(68)39(64)35(60)27(19-56)73-47/h23-49,55-70H,1,9-21H2,2-8H3/t23-,24+,25+,26+,27+,28+,29+,30-,31+,32-,33-,34+,35+,36+,37+,38-,39-,40-,41-,42+,43+,44+,45+,46+,47-,48-,49-,51-,52+,53+,54-/m0/s1. The van der Waals surface area contributed by atoms with Crippen LogP contribution >= 0.6 is 0 Å². The van der Waals surface area contributed by atoms with Crippen molar-refractivity contribution in [3.05, 3.63) is 12.2 Å². The van der Waals surface area contributed by atoms with E-state index in [1.165, 1.54) is 0 Å². The average molecular weight is 1140 g/mol. The first-order chi connectivity index (χ1) is 37.0. The molecule has 4 heterocycles. The molecule has 16 N–H and O–H groups in total. The molecule has 25 nitrogen and oxygen atoms in total. The third-order valence-corrected chi connectivity index (χ3v) is 21.3. The van der Waals surface area contributed by atoms with Gasteiger partial charge in [0.2, 0.25) is 0 Å². The van der Waals surface area contributed by atoms with Crippen LogP contribution in [0.3, 0.4) is 0 Å². The van der Waals surface area contributed by atoms with Crippen LogP contribution in [0.1, 0.15) is 106 Å². The molecule has 0 spiro atoms. The van der Waals surface area contributed by atoms with Gasteiger partial charge in [-0.2, -0.15) is 0 Å². The number of aliphatic hydroxyl groups is 15. The zero-order valence-corrected chi connectivity index (χ0v) is 46.3. The minimum atomic E-state index is -1.83. The van der Waals surface area contributed by atoms with Gasteiger partial charge in [-0.05, 0) is 123 Å². The summed E-state index contributed by atoms with van der Waals surface area (Å²) in [4.78, 5) is 4.85. The molecule has 458 valence electrons. The second-order valence-electron chi connectivity index (χ2n) is 25.9. The summed E-state index contributed by atoms with van der Waals surface area (Å²) in [5.74, 6) is -0.841. The lowest BCUT2D eigenvalue weighted by molar-refractivity contribution is -0.378. The third kappa shape index (κ3) is 11.2. The largest absolute Gasteiger partial charge is 0.394 e. The van der Waals surface area contributed by atoms with Crippen molar-refractivity contribution in [2.75, 3.05) is 26.4 Å². The normalized spacial score (nSPS) is 52.1. The summed E-state index contributed by atoms with van der Waals surface area (Å²) in [5, 5.41) is 172. The monoisotopic (exact) mass is 1140 g/mol. The Morgan fingerprint density at radius 2 is 1.09 bits per heavy atom. The lowest BCUT2D eigenvalue weighted by Crippen LogP contribution is -2.68. The minimum absolute atomic E-state index is 0.00515. The summed E-state index contributed by atoms with van der Waals surface area (Å²) < 4.78 is 48.8. The van der Waals surface area contributed by atoms with E-state index in [2.05, 4.69) is 41.2 Å². The molecule has 25 heteroatoms. The van der Waals surface area contributed by atoms with Crippen LogP contribution in [0, 0.1) is 45.3 Å². The van der Waals surface area contributed by atoms with Gasteiger partial charge in [0.15, 0.2) is 25.2 Å². The molecule has 8 aliphatic rings. The zero-order chi connectivity index (χ0) is 58.2. The van der Waals surface area contributed by atoms with E-state index in [-0.39, 0.29) is 35.5 Å². The van der Waals surface area contributed by atoms with Crippen molar-refractivity contribution in [3.63, 3.8) is 0 Å². The molecule has 31 atom stereocenters. The predicted octanol–water partition coefficient (Wildman–Crippen LogP) is -2.73. The first-order valence-corrected chi connectivity index (χ1v) is 28.2. The van der Waals surface area contributed by atoms with Gasteiger partial charge in [-0.15, -0.1) is 0 Å². The van der Waals surface area contributed by atoms with Gasteiger partial charge < -0.3 is 114 Å². The SMILES string of the molecule is C=C(C)[C@@H](CC[C@](C)(O[C@@H]1O[C@H](CO[C@@H]2O[C@H](CO)[C@@H](O)[C@H](O)[C@H]2O)[C@@H](O)[C@H](O)[C@H]1O)[C@H]1CC[C@]2(C)[C@@H]1[C@H](O)C[C@@H]1[C@@]3(C)CC[C@H](O[C@@H]4O[C@H](CO)[C@@H](O)[C@H](O)[C@H]4O[C@@H]4O[C@H](CO)[C@@H](O)[C@H](O)[C@H]4O)C(C)(C)[C@@H]3CC[C@]12C)OO. The molecule has 4 saturated heterocycles. The Hall–Kier alpha value is -1.26. The predicted molar refractivity (Wildman–Crippen MR) is 269 cm³/mol. The lowest BCUT2D eigenvalue weighted by atomic mass is 9.35. The smallest absolute Gasteiger partial charge is 0.187 e. The Morgan fingerprint density at radius 3 is 1.66 bits per heavy atom. The highest BCUT2D eigenvalue weighted by Gasteiger charge is 2.72. The first kappa shape index (κ1) is 63.8. The Balaban J connectivity index is 1.02. The Morgan fingerprint density at radius 1 is 0.582 bits per heavy atom. The quantitative estimate of drug-likeness (QED) is 0.0287. The van der Waals surface area contributed by atoms with Crippen molar-refractivity contribution in [2.24, 2.45) is 45.3 Å². The summed E-state index contributed by atoms with van der Waals surface area (Å²) >= 11 is 0. The molecule has 0 unspecified atom stereocenters. The number of rotatable bonds is 18. The highest BCUT2D eigenvalue weighted by atomic mass is 17.1. The minimum Gasteiger partial charge on any atom is -0.394 e. The molecule has 0 aromatic carbocycles. The van der Waals surface area contributed by atoms with Crippen LogP contribution in [-0.2, 0) is 42.8 Å². The van der Waals surface area contributed by atoms with E-state index in [4.69, 9.17) is 42.8 Å². The molecule has 0 amide bonds. The van der Waals surface area contributed by atoms with Crippen molar-refractivity contribution in [1.29, 1.82) is 0 Å². The van der Waals surface area contributed by atoms with Gasteiger partial charge in [0.1, 0.15) is 104 Å². The molecule has 0 aromatic heterocycles. The lowest BCUT2D eigenvalue weighted by Gasteiger charge is -2.71. The van der Waals surface area contributed by atoms with Crippen LogP contribution in [0.25, 0.3) is 0 Å². The highest BCUT2D eigenvalue weighted by molar-refractivity contribution is 5.21. The molecular formula is C54H92O25. The molecule has 4 aliphatic heterocycles. The van der Waals surface area contributed by atoms with Gasteiger partial charge in [0.25, 0.3) is 0 Å². The summed E-state index contributed by atoms with van der Waals surface area (Å²) in [6.07, 6.45) is -30.1. The Bertz CT molecular complexity index is 2040. The van der Waals surface area contributed by atoms with E-state index in [0.29, 0.717) is 37.7 Å². The molecule has 8 fully saturated rings. The molecule has 4 saturated carbocycles. The molecule has 0 bridgehead atoms. The fraction of sp³-hybridized carbons (Fsp3) is 0.963.